The minimum absolute atomic E-state index is 0.0919. The van der Waals surface area contributed by atoms with Crippen molar-refractivity contribution in [3.8, 4) is 0 Å². The molecular weight excluding hydrogens is 238 g/mol. The van der Waals surface area contributed by atoms with Gasteiger partial charge in [-0.2, -0.15) is 11.3 Å². The second-order valence-electron chi connectivity index (χ2n) is 4.54. The Kier molecular flexibility index (Phi) is 3.19. The highest BCUT2D eigenvalue weighted by atomic mass is 32.1. The zero-order valence-electron chi connectivity index (χ0n) is 9.68. The van der Waals surface area contributed by atoms with Crippen LogP contribution in [0.2, 0.25) is 0 Å². The Balaban J connectivity index is 2.11. The summed E-state index contributed by atoms with van der Waals surface area (Å²) in [5.41, 5.74) is -0.0627. The molecule has 0 saturated carbocycles. The number of likely N-dealkylation sites (tertiary alicyclic amines) is 1. The first kappa shape index (κ1) is 12.1. The van der Waals surface area contributed by atoms with Crippen molar-refractivity contribution in [3.63, 3.8) is 0 Å². The third kappa shape index (κ3) is 2.20. The Morgan fingerprint density at radius 1 is 1.59 bits per heavy atom. The molecule has 1 aromatic rings. The van der Waals surface area contributed by atoms with Crippen molar-refractivity contribution in [1.82, 2.24) is 4.90 Å². The molecule has 2 heterocycles. The lowest BCUT2D eigenvalue weighted by Crippen LogP contribution is -2.51. The van der Waals surface area contributed by atoms with E-state index in [1.807, 2.05) is 16.8 Å². The lowest BCUT2D eigenvalue weighted by molar-refractivity contribution is -0.155. The van der Waals surface area contributed by atoms with Gasteiger partial charge in [0.15, 0.2) is 0 Å². The summed E-state index contributed by atoms with van der Waals surface area (Å²) in [5.74, 6) is -1.00. The number of nitrogens with zero attached hydrogens (tertiary/aromatic N) is 1. The number of carboxylic acid groups (broad SMARTS) is 1. The fourth-order valence-corrected chi connectivity index (χ4v) is 2.92. The number of aliphatic carboxylic acids is 1. The average Bonchev–Trinajstić information content (AvgIpc) is 2.87. The number of thiophene rings is 1. The van der Waals surface area contributed by atoms with Gasteiger partial charge in [0, 0.05) is 6.54 Å². The van der Waals surface area contributed by atoms with E-state index in [1.165, 1.54) is 4.90 Å². The second-order valence-corrected chi connectivity index (χ2v) is 5.32. The molecule has 17 heavy (non-hydrogen) atoms. The topological polar surface area (TPSA) is 57.6 Å². The summed E-state index contributed by atoms with van der Waals surface area (Å²) in [6.45, 7) is 2.18. The van der Waals surface area contributed by atoms with Crippen LogP contribution < -0.4 is 0 Å². The standard InChI is InChI=1S/C12H15NO3S/c1-12(11(15)16)4-2-5-13(12)10(14)7-9-3-6-17-8-9/h3,6,8H,2,4-5,7H2,1H3,(H,15,16). The summed E-state index contributed by atoms with van der Waals surface area (Å²) < 4.78 is 0. The lowest BCUT2D eigenvalue weighted by atomic mass is 9.99. The number of hydrogen-bond donors (Lipinski definition) is 1. The number of carboxylic acids is 1. The molecule has 1 atom stereocenters. The van der Waals surface area contributed by atoms with Crippen molar-refractivity contribution < 1.29 is 14.7 Å². The number of hydrogen-bond acceptors (Lipinski definition) is 3. The average molecular weight is 253 g/mol. The van der Waals surface area contributed by atoms with Gasteiger partial charge in [0.25, 0.3) is 0 Å². The monoisotopic (exact) mass is 253 g/mol. The van der Waals surface area contributed by atoms with Gasteiger partial charge in [0.05, 0.1) is 6.42 Å². The first-order chi connectivity index (χ1) is 8.04. The third-order valence-electron chi connectivity index (χ3n) is 3.34. The van der Waals surface area contributed by atoms with E-state index in [1.54, 1.807) is 18.3 Å². The highest BCUT2D eigenvalue weighted by Gasteiger charge is 2.45. The van der Waals surface area contributed by atoms with Gasteiger partial charge in [0.2, 0.25) is 5.91 Å². The van der Waals surface area contributed by atoms with Crippen molar-refractivity contribution in [2.24, 2.45) is 0 Å². The molecule has 1 aliphatic heterocycles. The molecule has 2 rings (SSSR count). The maximum absolute atomic E-state index is 12.1. The molecule has 1 fully saturated rings. The van der Waals surface area contributed by atoms with Crippen LogP contribution in [0.15, 0.2) is 16.8 Å². The van der Waals surface area contributed by atoms with Crippen molar-refractivity contribution in [2.75, 3.05) is 6.54 Å². The van der Waals surface area contributed by atoms with Crippen LogP contribution in [0.4, 0.5) is 0 Å². The predicted octanol–water partition coefficient (Wildman–Crippen LogP) is 1.76. The van der Waals surface area contributed by atoms with E-state index < -0.39 is 11.5 Å². The minimum Gasteiger partial charge on any atom is -0.480 e. The van der Waals surface area contributed by atoms with Crippen LogP contribution in [-0.4, -0.2) is 34.0 Å². The largest absolute Gasteiger partial charge is 0.480 e. The molecule has 1 unspecified atom stereocenters. The molecule has 1 amide bonds. The number of carbonyl (C=O) groups is 2. The van der Waals surface area contributed by atoms with E-state index in [9.17, 15) is 14.7 Å². The molecule has 0 bridgehead atoms. The molecule has 4 nitrogen and oxygen atoms in total. The van der Waals surface area contributed by atoms with Gasteiger partial charge >= 0.3 is 5.97 Å². The highest BCUT2D eigenvalue weighted by molar-refractivity contribution is 7.07. The summed E-state index contributed by atoms with van der Waals surface area (Å²) in [6, 6.07) is 1.90. The zero-order valence-corrected chi connectivity index (χ0v) is 10.5. The minimum atomic E-state index is -1.02. The fourth-order valence-electron chi connectivity index (χ4n) is 2.25. The van der Waals surface area contributed by atoms with E-state index in [4.69, 9.17) is 0 Å². The molecule has 0 spiro atoms. The Morgan fingerprint density at radius 3 is 2.94 bits per heavy atom. The van der Waals surface area contributed by atoms with Crippen molar-refractivity contribution in [3.05, 3.63) is 22.4 Å². The van der Waals surface area contributed by atoms with Crippen LogP contribution in [-0.2, 0) is 16.0 Å². The van der Waals surface area contributed by atoms with Gasteiger partial charge < -0.3 is 10.0 Å². The number of rotatable bonds is 3. The van der Waals surface area contributed by atoms with E-state index in [-0.39, 0.29) is 5.91 Å². The number of carbonyl (C=O) groups excluding carboxylic acids is 1. The van der Waals surface area contributed by atoms with E-state index in [0.717, 1.165) is 12.0 Å². The predicted molar refractivity (Wildman–Crippen MR) is 65.0 cm³/mol. The third-order valence-corrected chi connectivity index (χ3v) is 4.07. The molecule has 1 aliphatic rings. The molecule has 5 heteroatoms. The molecular formula is C12H15NO3S. The van der Waals surface area contributed by atoms with Crippen LogP contribution in [0.3, 0.4) is 0 Å². The van der Waals surface area contributed by atoms with Gasteiger partial charge in [-0.25, -0.2) is 4.79 Å². The molecule has 92 valence electrons. The summed E-state index contributed by atoms with van der Waals surface area (Å²) in [7, 11) is 0. The fraction of sp³-hybridized carbons (Fsp3) is 0.500. The Labute approximate surface area is 104 Å². The van der Waals surface area contributed by atoms with E-state index >= 15 is 0 Å². The van der Waals surface area contributed by atoms with Crippen molar-refractivity contribution >= 4 is 23.2 Å². The first-order valence-electron chi connectivity index (χ1n) is 5.59. The zero-order chi connectivity index (χ0) is 12.5. The summed E-state index contributed by atoms with van der Waals surface area (Å²) in [6.07, 6.45) is 1.60. The van der Waals surface area contributed by atoms with Gasteiger partial charge in [0.1, 0.15) is 5.54 Å². The molecule has 1 aromatic heterocycles. The molecule has 0 aliphatic carbocycles. The van der Waals surface area contributed by atoms with Crippen molar-refractivity contribution in [1.29, 1.82) is 0 Å². The van der Waals surface area contributed by atoms with E-state index in [2.05, 4.69) is 0 Å². The maximum atomic E-state index is 12.1. The normalized spacial score (nSPS) is 23.9. The SMILES string of the molecule is CC1(C(=O)O)CCCN1C(=O)Cc1ccsc1. The smallest absolute Gasteiger partial charge is 0.329 e. The van der Waals surface area contributed by atoms with Gasteiger partial charge in [-0.3, -0.25) is 4.79 Å². The first-order valence-corrected chi connectivity index (χ1v) is 6.53. The Bertz CT molecular complexity index is 429. The molecule has 0 aromatic carbocycles. The Morgan fingerprint density at radius 2 is 2.35 bits per heavy atom. The molecule has 1 N–H and O–H groups in total. The highest BCUT2D eigenvalue weighted by Crippen LogP contribution is 2.29. The Hall–Kier alpha value is -1.36. The van der Waals surface area contributed by atoms with E-state index in [0.29, 0.717) is 19.4 Å². The summed E-state index contributed by atoms with van der Waals surface area (Å²) in [5, 5.41) is 13.1. The van der Waals surface area contributed by atoms with Crippen LogP contribution in [0.25, 0.3) is 0 Å². The van der Waals surface area contributed by atoms with Gasteiger partial charge in [-0.1, -0.05) is 0 Å². The van der Waals surface area contributed by atoms with Crippen LogP contribution in [0.1, 0.15) is 25.3 Å². The van der Waals surface area contributed by atoms with Crippen molar-refractivity contribution in [2.45, 2.75) is 31.7 Å². The van der Waals surface area contributed by atoms with Crippen LogP contribution >= 0.6 is 11.3 Å². The molecule has 1 saturated heterocycles. The van der Waals surface area contributed by atoms with Gasteiger partial charge in [-0.05, 0) is 42.2 Å². The van der Waals surface area contributed by atoms with Gasteiger partial charge in [-0.15, -0.1) is 0 Å². The lowest BCUT2D eigenvalue weighted by Gasteiger charge is -2.31. The summed E-state index contributed by atoms with van der Waals surface area (Å²) >= 11 is 1.54. The second kappa shape index (κ2) is 4.49. The quantitative estimate of drug-likeness (QED) is 0.893. The summed E-state index contributed by atoms with van der Waals surface area (Å²) in [4.78, 5) is 24.9. The number of amides is 1. The van der Waals surface area contributed by atoms with Crippen LogP contribution in [0, 0.1) is 0 Å². The van der Waals surface area contributed by atoms with Crippen LogP contribution in [0.5, 0.6) is 0 Å². The maximum Gasteiger partial charge on any atom is 0.329 e. The molecule has 0 radical (unpaired) electrons.